The van der Waals surface area contributed by atoms with Crippen molar-refractivity contribution in [1.82, 2.24) is 0 Å². The highest BCUT2D eigenvalue weighted by Gasteiger charge is 2.44. The monoisotopic (exact) mass is 243 g/mol. The molecule has 0 unspecified atom stereocenters. The zero-order valence-electron chi connectivity index (χ0n) is 10.9. The second-order valence-electron chi connectivity index (χ2n) is 5.75. The lowest BCUT2D eigenvalue weighted by Gasteiger charge is -2.36. The van der Waals surface area contributed by atoms with E-state index in [1.807, 2.05) is 0 Å². The molecule has 1 fully saturated rings. The van der Waals surface area contributed by atoms with E-state index in [0.717, 1.165) is 12.8 Å². The molecule has 0 saturated carbocycles. The molecule has 5 nitrogen and oxygen atoms in total. The Balaban J connectivity index is 2.70. The molecule has 1 heterocycles. The average Bonchev–Trinajstić information content (AvgIpc) is 2.27. The number of quaternary nitrogens is 1. The maximum atomic E-state index is 12.0. The van der Waals surface area contributed by atoms with Crippen molar-refractivity contribution in [2.75, 3.05) is 19.6 Å². The van der Waals surface area contributed by atoms with Gasteiger partial charge in [0.05, 0.1) is 13.1 Å². The van der Waals surface area contributed by atoms with Gasteiger partial charge in [0.2, 0.25) is 0 Å². The zero-order valence-corrected chi connectivity index (χ0v) is 10.9. The van der Waals surface area contributed by atoms with Gasteiger partial charge in [-0.3, -0.25) is 0 Å². The fraction of sp³-hybridized carbons (Fsp3) is 0.833. The molecule has 98 valence electrons. The minimum Gasteiger partial charge on any atom is -0.414 e. The first-order valence-corrected chi connectivity index (χ1v) is 6.10. The summed E-state index contributed by atoms with van der Waals surface area (Å²) in [4.78, 5) is 23.3. The summed E-state index contributed by atoms with van der Waals surface area (Å²) in [5.41, 5.74) is 5.04. The Morgan fingerprint density at radius 2 is 1.94 bits per heavy atom. The average molecular weight is 243 g/mol. The number of rotatable bonds is 2. The normalized spacial score (nSPS) is 29.8. The molecule has 0 radical (unpaired) electrons. The summed E-state index contributed by atoms with van der Waals surface area (Å²) in [7, 11) is 0. The molecule has 0 aromatic carbocycles. The second kappa shape index (κ2) is 5.14. The summed E-state index contributed by atoms with van der Waals surface area (Å²) in [6.45, 7) is 7.03. The quantitative estimate of drug-likeness (QED) is 0.585. The van der Waals surface area contributed by atoms with Gasteiger partial charge in [-0.05, 0) is 33.2 Å². The number of hydrogen-bond donors (Lipinski definition) is 1. The van der Waals surface area contributed by atoms with Gasteiger partial charge < -0.3 is 10.5 Å². The number of carbonyl (C=O) groups is 2. The number of nitrogens with zero attached hydrogens (tertiary/aromatic N) is 1. The number of likely N-dealkylation sites (tertiary alicyclic amines) is 1. The Bertz CT molecular complexity index is 289. The van der Waals surface area contributed by atoms with Crippen molar-refractivity contribution in [3.05, 3.63) is 0 Å². The molecule has 1 rings (SSSR count). The summed E-state index contributed by atoms with van der Waals surface area (Å²) in [5, 5.41) is 0. The molecule has 0 spiro atoms. The van der Waals surface area contributed by atoms with E-state index in [0.29, 0.717) is 32.0 Å². The maximum Gasteiger partial charge on any atom is 0.523 e. The first kappa shape index (κ1) is 14.1. The number of nitrogens with two attached hydrogens (primary N) is 1. The van der Waals surface area contributed by atoms with Gasteiger partial charge in [-0.15, -0.1) is 0 Å². The molecule has 5 heteroatoms. The summed E-state index contributed by atoms with van der Waals surface area (Å²) in [6, 6.07) is 0. The van der Waals surface area contributed by atoms with Crippen LogP contribution in [0.25, 0.3) is 0 Å². The van der Waals surface area contributed by atoms with Gasteiger partial charge in [0.15, 0.2) is 0 Å². The topological polar surface area (TPSA) is 69.4 Å². The Kier molecular flexibility index (Phi) is 4.27. The third-order valence-corrected chi connectivity index (χ3v) is 3.16. The molecule has 0 atom stereocenters. The molecular weight excluding hydrogens is 220 g/mol. The van der Waals surface area contributed by atoms with Crippen molar-refractivity contribution < 1.29 is 18.8 Å². The zero-order chi connectivity index (χ0) is 13.1. The summed E-state index contributed by atoms with van der Waals surface area (Å²) in [5.74, 6) is 0.420. The standard InChI is InChI=1S/C12H23N2O3/c1-12(2,3)17-11(16)14(9-15)6-4-10(8-13)5-7-14/h9-10H,4-8,13H2,1-3H3/q+1. The fourth-order valence-corrected chi connectivity index (χ4v) is 2.00. The lowest BCUT2D eigenvalue weighted by molar-refractivity contribution is -0.781. The number of amides is 2. The largest absolute Gasteiger partial charge is 0.523 e. The van der Waals surface area contributed by atoms with E-state index in [9.17, 15) is 9.59 Å². The van der Waals surface area contributed by atoms with Gasteiger partial charge in [-0.2, -0.15) is 9.28 Å². The van der Waals surface area contributed by atoms with Crippen molar-refractivity contribution >= 4 is 12.5 Å². The summed E-state index contributed by atoms with van der Waals surface area (Å²) < 4.78 is 5.10. The van der Waals surface area contributed by atoms with E-state index in [4.69, 9.17) is 10.5 Å². The molecule has 0 bridgehead atoms. The van der Waals surface area contributed by atoms with E-state index in [1.165, 1.54) is 0 Å². The highest BCUT2D eigenvalue weighted by Crippen LogP contribution is 2.24. The minimum absolute atomic E-state index is 0.215. The van der Waals surface area contributed by atoms with Gasteiger partial charge >= 0.3 is 12.5 Å². The van der Waals surface area contributed by atoms with E-state index < -0.39 is 11.7 Å². The van der Waals surface area contributed by atoms with Crippen LogP contribution in [-0.4, -0.2) is 42.2 Å². The van der Waals surface area contributed by atoms with Crippen molar-refractivity contribution in [3.63, 3.8) is 0 Å². The third kappa shape index (κ3) is 3.51. The predicted octanol–water partition coefficient (Wildman–Crippen LogP) is 1.26. The highest BCUT2D eigenvalue weighted by molar-refractivity contribution is 5.69. The molecule has 2 amide bonds. The van der Waals surface area contributed by atoms with Gasteiger partial charge in [-0.25, -0.2) is 4.79 Å². The second-order valence-corrected chi connectivity index (χ2v) is 5.75. The Labute approximate surface area is 102 Å². The van der Waals surface area contributed by atoms with Crippen LogP contribution in [0, 0.1) is 5.92 Å². The van der Waals surface area contributed by atoms with Crippen LogP contribution in [0.1, 0.15) is 33.6 Å². The van der Waals surface area contributed by atoms with Gasteiger partial charge in [-0.1, -0.05) is 0 Å². The first-order valence-electron chi connectivity index (χ1n) is 6.10. The Morgan fingerprint density at radius 1 is 1.41 bits per heavy atom. The molecule has 17 heavy (non-hydrogen) atoms. The predicted molar refractivity (Wildman–Crippen MR) is 64.1 cm³/mol. The number of carbonyl (C=O) groups excluding carboxylic acids is 2. The molecule has 1 aliphatic heterocycles. The minimum atomic E-state index is -0.559. The van der Waals surface area contributed by atoms with Crippen LogP contribution in [0.15, 0.2) is 0 Å². The molecular formula is C12H23N2O3+. The molecule has 0 aromatic heterocycles. The lowest BCUT2D eigenvalue weighted by atomic mass is 9.96. The number of hydrogen-bond acceptors (Lipinski definition) is 4. The van der Waals surface area contributed by atoms with Crippen LogP contribution in [0.4, 0.5) is 4.79 Å². The molecule has 1 saturated heterocycles. The van der Waals surface area contributed by atoms with E-state index in [1.54, 1.807) is 20.8 Å². The SMILES string of the molecule is CC(C)(C)OC(=O)[N+]1(C=O)CCC(CN)CC1. The van der Waals surface area contributed by atoms with Crippen molar-refractivity contribution in [3.8, 4) is 0 Å². The smallest absolute Gasteiger partial charge is 0.414 e. The van der Waals surface area contributed by atoms with Crippen LogP contribution < -0.4 is 5.73 Å². The van der Waals surface area contributed by atoms with E-state index >= 15 is 0 Å². The van der Waals surface area contributed by atoms with Crippen LogP contribution in [0.5, 0.6) is 0 Å². The third-order valence-electron chi connectivity index (χ3n) is 3.16. The number of piperidine rings is 1. The van der Waals surface area contributed by atoms with Crippen LogP contribution in [-0.2, 0) is 9.53 Å². The van der Waals surface area contributed by atoms with Crippen LogP contribution in [0.3, 0.4) is 0 Å². The Morgan fingerprint density at radius 3 is 2.29 bits per heavy atom. The highest BCUT2D eigenvalue weighted by atomic mass is 16.6. The first-order chi connectivity index (χ1) is 7.83. The molecule has 1 aliphatic rings. The van der Waals surface area contributed by atoms with E-state index in [-0.39, 0.29) is 4.48 Å². The van der Waals surface area contributed by atoms with E-state index in [2.05, 4.69) is 0 Å². The molecule has 0 aliphatic carbocycles. The van der Waals surface area contributed by atoms with Crippen LogP contribution >= 0.6 is 0 Å². The maximum absolute atomic E-state index is 12.0. The van der Waals surface area contributed by atoms with Gasteiger partial charge in [0, 0.05) is 12.8 Å². The molecule has 0 aromatic rings. The number of ether oxygens (including phenoxy) is 1. The van der Waals surface area contributed by atoms with Crippen molar-refractivity contribution in [1.29, 1.82) is 0 Å². The van der Waals surface area contributed by atoms with Crippen molar-refractivity contribution in [2.24, 2.45) is 11.7 Å². The summed E-state index contributed by atoms with van der Waals surface area (Å²) >= 11 is 0. The Hall–Kier alpha value is -0.940. The number of imide groups is 1. The summed E-state index contributed by atoms with van der Waals surface area (Å²) in [6.07, 6.45) is 1.87. The van der Waals surface area contributed by atoms with Crippen LogP contribution in [0.2, 0.25) is 0 Å². The van der Waals surface area contributed by atoms with Gasteiger partial charge in [0.1, 0.15) is 5.60 Å². The lowest BCUT2D eigenvalue weighted by Crippen LogP contribution is -2.58. The van der Waals surface area contributed by atoms with Crippen molar-refractivity contribution in [2.45, 2.75) is 39.2 Å². The molecule has 2 N–H and O–H groups in total. The fourth-order valence-electron chi connectivity index (χ4n) is 2.00. The van der Waals surface area contributed by atoms with Gasteiger partial charge in [0.25, 0.3) is 0 Å².